The van der Waals surface area contributed by atoms with E-state index in [4.69, 9.17) is 0 Å². The molecule has 0 aliphatic heterocycles. The average molecular weight is 288 g/mol. The van der Waals surface area contributed by atoms with E-state index in [1.54, 1.807) is 24.3 Å². The molecule has 0 saturated carbocycles. The minimum atomic E-state index is -3.87. The van der Waals surface area contributed by atoms with E-state index >= 15 is 0 Å². The van der Waals surface area contributed by atoms with Crippen LogP contribution in [0.5, 0.6) is 5.75 Å². The van der Waals surface area contributed by atoms with Gasteiger partial charge in [0.05, 0.1) is 0 Å². The summed E-state index contributed by atoms with van der Waals surface area (Å²) in [5.74, 6) is 0.222. The van der Waals surface area contributed by atoms with Crippen molar-refractivity contribution >= 4 is 20.2 Å². The standard InChI is InChI=1S/C12H10O3S2.Na/c13-17(14,16)15-12-8-6-11(7-9-12)10-4-2-1-3-5-10;/h1-9H,(H,13,14,16);/q;+1/p-1. The van der Waals surface area contributed by atoms with Crippen LogP contribution in [0.3, 0.4) is 0 Å². The summed E-state index contributed by atoms with van der Waals surface area (Å²) in [6.45, 7) is 0. The summed E-state index contributed by atoms with van der Waals surface area (Å²) in [6, 6.07) is 16.5. The fourth-order valence-corrected chi connectivity index (χ4v) is 2.03. The molecule has 2 aromatic rings. The van der Waals surface area contributed by atoms with Gasteiger partial charge in [-0.25, -0.2) is 4.21 Å². The molecule has 2 rings (SSSR count). The number of rotatable bonds is 3. The Bertz CT molecular complexity index is 595. The summed E-state index contributed by atoms with van der Waals surface area (Å²) < 4.78 is 26.1. The third kappa shape index (κ3) is 4.68. The Morgan fingerprint density at radius 1 is 0.944 bits per heavy atom. The first kappa shape index (κ1) is 15.6. The first-order valence-electron chi connectivity index (χ1n) is 4.85. The van der Waals surface area contributed by atoms with Gasteiger partial charge < -0.3 is 8.74 Å². The first-order chi connectivity index (χ1) is 8.04. The zero-order valence-corrected chi connectivity index (χ0v) is 13.4. The molecular formula is C12H9NaO3S2. The van der Waals surface area contributed by atoms with Crippen molar-refractivity contribution in [3.63, 3.8) is 0 Å². The first-order valence-corrected chi connectivity index (χ1v) is 7.19. The van der Waals surface area contributed by atoms with Crippen LogP contribution in [0.1, 0.15) is 0 Å². The molecule has 0 aliphatic rings. The Balaban J connectivity index is 0.00000162. The Morgan fingerprint density at radius 3 is 1.94 bits per heavy atom. The van der Waals surface area contributed by atoms with Crippen molar-refractivity contribution in [1.82, 2.24) is 0 Å². The summed E-state index contributed by atoms with van der Waals surface area (Å²) in [4.78, 5) is 0. The van der Waals surface area contributed by atoms with Crippen LogP contribution in [0.15, 0.2) is 54.6 Å². The fraction of sp³-hybridized carbons (Fsp3) is 0. The third-order valence-corrected chi connectivity index (χ3v) is 2.76. The molecule has 0 N–H and O–H groups in total. The average Bonchev–Trinajstić information content (AvgIpc) is 2.29. The molecule has 0 unspecified atom stereocenters. The van der Waals surface area contributed by atoms with Gasteiger partial charge in [0, 0.05) is 11.2 Å². The van der Waals surface area contributed by atoms with E-state index < -0.39 is 9.05 Å². The molecule has 0 heterocycles. The smallest absolute Gasteiger partial charge is 0.739 e. The van der Waals surface area contributed by atoms with Crippen LogP contribution in [0.4, 0.5) is 0 Å². The van der Waals surface area contributed by atoms with Gasteiger partial charge in [0.1, 0.15) is 14.8 Å². The molecule has 1 atom stereocenters. The van der Waals surface area contributed by atoms with Gasteiger partial charge >= 0.3 is 29.6 Å². The van der Waals surface area contributed by atoms with Gasteiger partial charge in [-0.05, 0) is 23.3 Å². The Morgan fingerprint density at radius 2 is 1.44 bits per heavy atom. The predicted molar refractivity (Wildman–Crippen MR) is 68.8 cm³/mol. The normalized spacial score (nSPS) is 13.2. The van der Waals surface area contributed by atoms with E-state index in [0.29, 0.717) is 0 Å². The molecule has 88 valence electrons. The van der Waals surface area contributed by atoms with E-state index in [1.807, 2.05) is 30.3 Å². The van der Waals surface area contributed by atoms with Crippen LogP contribution in [0.25, 0.3) is 11.1 Å². The Kier molecular flexibility index (Phi) is 5.78. The molecule has 0 aliphatic carbocycles. The second kappa shape index (κ2) is 6.65. The molecule has 3 nitrogen and oxygen atoms in total. The van der Waals surface area contributed by atoms with Crippen LogP contribution in [-0.4, -0.2) is 8.76 Å². The van der Waals surface area contributed by atoms with E-state index in [-0.39, 0.29) is 35.3 Å². The third-order valence-electron chi connectivity index (χ3n) is 2.16. The largest absolute Gasteiger partial charge is 1.00 e. The summed E-state index contributed by atoms with van der Waals surface area (Å²) >= 11 is 4.14. The molecule has 0 bridgehead atoms. The number of benzene rings is 2. The second-order valence-electron chi connectivity index (χ2n) is 3.38. The summed E-state index contributed by atoms with van der Waals surface area (Å²) in [7, 11) is -3.87. The van der Waals surface area contributed by atoms with Crippen LogP contribution >= 0.6 is 0 Å². The molecule has 0 spiro atoms. The molecule has 0 amide bonds. The zero-order chi connectivity index (χ0) is 12.3. The monoisotopic (exact) mass is 288 g/mol. The molecule has 2 aromatic carbocycles. The number of hydrogen-bond donors (Lipinski definition) is 0. The van der Waals surface area contributed by atoms with E-state index in [9.17, 15) is 8.76 Å². The summed E-state index contributed by atoms with van der Waals surface area (Å²) in [5.41, 5.74) is 2.04. The van der Waals surface area contributed by atoms with Gasteiger partial charge in [0.15, 0.2) is 0 Å². The quantitative estimate of drug-likeness (QED) is 0.717. The van der Waals surface area contributed by atoms with Gasteiger partial charge in [-0.1, -0.05) is 42.5 Å². The van der Waals surface area contributed by atoms with Gasteiger partial charge in [0.2, 0.25) is 0 Å². The summed E-state index contributed by atoms with van der Waals surface area (Å²) in [5, 5.41) is 0. The minimum absolute atomic E-state index is 0. The van der Waals surface area contributed by atoms with Gasteiger partial charge in [-0.3, -0.25) is 0 Å². The van der Waals surface area contributed by atoms with E-state index in [2.05, 4.69) is 15.4 Å². The molecule has 6 heteroatoms. The summed E-state index contributed by atoms with van der Waals surface area (Å²) in [6.07, 6.45) is 0. The van der Waals surface area contributed by atoms with Crippen molar-refractivity contribution in [2.24, 2.45) is 0 Å². The van der Waals surface area contributed by atoms with Gasteiger partial charge in [-0.2, -0.15) is 0 Å². The van der Waals surface area contributed by atoms with Crippen molar-refractivity contribution < 1.29 is 42.5 Å². The second-order valence-corrected chi connectivity index (χ2v) is 5.59. The maximum Gasteiger partial charge on any atom is 1.00 e. The molecule has 0 radical (unpaired) electrons. The zero-order valence-electron chi connectivity index (χ0n) is 9.74. The Hall–Kier alpha value is -0.430. The fourth-order valence-electron chi connectivity index (χ4n) is 1.45. The van der Waals surface area contributed by atoms with Gasteiger partial charge in [0.25, 0.3) is 0 Å². The molecular weight excluding hydrogens is 279 g/mol. The van der Waals surface area contributed by atoms with Crippen molar-refractivity contribution in [1.29, 1.82) is 0 Å². The van der Waals surface area contributed by atoms with Crippen molar-refractivity contribution in [3.05, 3.63) is 54.6 Å². The maximum atomic E-state index is 10.7. The number of hydrogen-bond acceptors (Lipinski definition) is 4. The topological polar surface area (TPSA) is 49.4 Å². The van der Waals surface area contributed by atoms with Crippen LogP contribution in [0.2, 0.25) is 0 Å². The van der Waals surface area contributed by atoms with Crippen molar-refractivity contribution in [2.45, 2.75) is 0 Å². The van der Waals surface area contributed by atoms with E-state index in [1.165, 1.54) is 0 Å². The SMILES string of the molecule is O=[S@@]([O-])(=S)Oc1ccc(-c2ccccc2)cc1.[Na+]. The van der Waals surface area contributed by atoms with Crippen LogP contribution in [-0.2, 0) is 20.2 Å². The van der Waals surface area contributed by atoms with Crippen LogP contribution < -0.4 is 33.7 Å². The van der Waals surface area contributed by atoms with Crippen LogP contribution in [0, 0.1) is 0 Å². The molecule has 0 saturated heterocycles. The van der Waals surface area contributed by atoms with Crippen molar-refractivity contribution in [3.8, 4) is 16.9 Å². The Labute approximate surface area is 133 Å². The minimum Gasteiger partial charge on any atom is -0.739 e. The maximum absolute atomic E-state index is 10.7. The predicted octanol–water partition coefficient (Wildman–Crippen LogP) is -0.472. The van der Waals surface area contributed by atoms with Gasteiger partial charge in [-0.15, -0.1) is 0 Å². The molecule has 0 fully saturated rings. The molecule has 18 heavy (non-hydrogen) atoms. The molecule has 0 aromatic heterocycles. The van der Waals surface area contributed by atoms with E-state index in [0.717, 1.165) is 11.1 Å². The van der Waals surface area contributed by atoms with Crippen molar-refractivity contribution in [2.75, 3.05) is 0 Å².